The Morgan fingerprint density at radius 3 is 2.33 bits per heavy atom. The normalized spacial score (nSPS) is 10.0. The Morgan fingerprint density at radius 1 is 1.67 bits per heavy atom. The molecule has 0 saturated heterocycles. The maximum Gasteiger partial charge on any atom is 0.0991 e. The molecule has 0 spiro atoms. The van der Waals surface area contributed by atoms with Gasteiger partial charge in [-0.25, -0.2) is 0 Å². The molecule has 0 bridgehead atoms. The van der Waals surface area contributed by atoms with Crippen molar-refractivity contribution in [1.82, 2.24) is 0 Å². The maximum absolute atomic E-state index is 8.32. The van der Waals surface area contributed by atoms with Gasteiger partial charge in [0.25, 0.3) is 0 Å². The molecule has 0 aromatic carbocycles. The summed E-state index contributed by atoms with van der Waals surface area (Å²) >= 11 is 3.09. The largest absolute Gasteiger partial charge is 0.192 e. The van der Waals surface area contributed by atoms with Crippen molar-refractivity contribution in [3.63, 3.8) is 0 Å². The molecule has 46 valence electrons. The lowest BCUT2D eigenvalue weighted by Crippen LogP contribution is -1.68. The van der Waals surface area contributed by atoms with Crippen LogP contribution >= 0.6 is 15.9 Å². The Morgan fingerprint density at radius 2 is 2.22 bits per heavy atom. The van der Waals surface area contributed by atoms with Crippen molar-refractivity contribution < 1.29 is 0 Å². The van der Waals surface area contributed by atoms with E-state index in [1.807, 2.05) is 6.07 Å². The third-order valence-electron chi connectivity index (χ3n) is 0.661. The SMILES string of the molecule is C=C/C(C#N)=C\C(=C)Br. The van der Waals surface area contributed by atoms with Crippen LogP contribution in [0.3, 0.4) is 0 Å². The minimum atomic E-state index is 0.511. The Hall–Kier alpha value is -0.810. The van der Waals surface area contributed by atoms with Crippen molar-refractivity contribution in [2.45, 2.75) is 0 Å². The molecule has 0 amide bonds. The summed E-state index contributed by atoms with van der Waals surface area (Å²) in [6.45, 7) is 6.96. The molecule has 0 rings (SSSR count). The summed E-state index contributed by atoms with van der Waals surface area (Å²) in [6, 6.07) is 1.94. The highest BCUT2D eigenvalue weighted by atomic mass is 79.9. The second-order valence-electron chi connectivity index (χ2n) is 1.36. The van der Waals surface area contributed by atoms with Crippen LogP contribution in [-0.2, 0) is 0 Å². The van der Waals surface area contributed by atoms with Crippen LogP contribution in [-0.4, -0.2) is 0 Å². The Bertz CT molecular complexity index is 195. The first-order valence-corrected chi connectivity index (χ1v) is 3.08. The number of allylic oxidation sites excluding steroid dienone is 4. The van der Waals surface area contributed by atoms with Crippen LogP contribution in [0.4, 0.5) is 0 Å². The smallest absolute Gasteiger partial charge is 0.0991 e. The Labute approximate surface area is 63.1 Å². The predicted molar refractivity (Wildman–Crippen MR) is 42.0 cm³/mol. The van der Waals surface area contributed by atoms with Crippen molar-refractivity contribution in [3.05, 3.63) is 35.4 Å². The second kappa shape index (κ2) is 4.11. The molecule has 0 aliphatic rings. The summed E-state index contributed by atoms with van der Waals surface area (Å²) in [4.78, 5) is 0. The fourth-order valence-electron chi connectivity index (χ4n) is 0.306. The number of halogens is 1. The molecule has 0 radical (unpaired) electrons. The summed E-state index contributed by atoms with van der Waals surface area (Å²) in [5, 5.41) is 8.32. The number of rotatable bonds is 2. The van der Waals surface area contributed by atoms with Crippen LogP contribution in [0.25, 0.3) is 0 Å². The zero-order valence-corrected chi connectivity index (χ0v) is 6.48. The van der Waals surface area contributed by atoms with Gasteiger partial charge in [0.05, 0.1) is 11.6 Å². The highest BCUT2D eigenvalue weighted by Gasteiger charge is 1.85. The third kappa shape index (κ3) is 3.75. The van der Waals surface area contributed by atoms with Crippen LogP contribution in [0.5, 0.6) is 0 Å². The minimum absolute atomic E-state index is 0.511. The number of nitriles is 1. The molecule has 0 aromatic rings. The molecule has 0 heterocycles. The van der Waals surface area contributed by atoms with Gasteiger partial charge in [0.15, 0.2) is 0 Å². The Kier molecular flexibility index (Phi) is 3.74. The first kappa shape index (κ1) is 8.19. The molecule has 0 fully saturated rings. The average Bonchev–Trinajstić information content (AvgIpc) is 1.82. The van der Waals surface area contributed by atoms with Crippen molar-refractivity contribution >= 4 is 15.9 Å². The quantitative estimate of drug-likeness (QED) is 0.477. The van der Waals surface area contributed by atoms with Gasteiger partial charge in [0, 0.05) is 4.48 Å². The second-order valence-corrected chi connectivity index (χ2v) is 2.38. The zero-order valence-electron chi connectivity index (χ0n) is 4.89. The molecular formula is C7H6BrN. The van der Waals surface area contributed by atoms with Crippen LogP contribution in [0, 0.1) is 11.3 Å². The van der Waals surface area contributed by atoms with Gasteiger partial charge in [-0.2, -0.15) is 5.26 Å². The van der Waals surface area contributed by atoms with Gasteiger partial charge in [-0.15, -0.1) is 0 Å². The lowest BCUT2D eigenvalue weighted by Gasteiger charge is -1.83. The highest BCUT2D eigenvalue weighted by Crippen LogP contribution is 2.06. The number of hydrogen-bond donors (Lipinski definition) is 0. The van der Waals surface area contributed by atoms with E-state index >= 15 is 0 Å². The topological polar surface area (TPSA) is 23.8 Å². The molecule has 0 N–H and O–H groups in total. The van der Waals surface area contributed by atoms with Gasteiger partial charge in [-0.05, 0) is 6.08 Å². The van der Waals surface area contributed by atoms with Crippen LogP contribution in [0.1, 0.15) is 0 Å². The van der Waals surface area contributed by atoms with E-state index in [1.54, 1.807) is 6.08 Å². The maximum atomic E-state index is 8.32. The molecule has 0 aliphatic carbocycles. The third-order valence-corrected chi connectivity index (χ3v) is 0.890. The van der Waals surface area contributed by atoms with Gasteiger partial charge < -0.3 is 0 Å². The monoisotopic (exact) mass is 183 g/mol. The highest BCUT2D eigenvalue weighted by molar-refractivity contribution is 9.11. The van der Waals surface area contributed by atoms with E-state index in [-0.39, 0.29) is 0 Å². The van der Waals surface area contributed by atoms with Gasteiger partial charge in [0.2, 0.25) is 0 Å². The standard InChI is InChI=1S/C7H6BrN/c1-3-7(5-9)4-6(2)8/h3-4H,1-2H2/b7-4+. The van der Waals surface area contributed by atoms with Crippen LogP contribution < -0.4 is 0 Å². The molecule has 9 heavy (non-hydrogen) atoms. The van der Waals surface area contributed by atoms with E-state index in [0.29, 0.717) is 10.1 Å². The fraction of sp³-hybridized carbons (Fsp3) is 0. The van der Waals surface area contributed by atoms with E-state index in [2.05, 4.69) is 29.1 Å². The summed E-state index contributed by atoms with van der Waals surface area (Å²) in [5.74, 6) is 0. The molecule has 2 heteroatoms. The van der Waals surface area contributed by atoms with Crippen LogP contribution in [0.2, 0.25) is 0 Å². The number of hydrogen-bond acceptors (Lipinski definition) is 1. The first-order valence-electron chi connectivity index (χ1n) is 2.29. The van der Waals surface area contributed by atoms with E-state index < -0.39 is 0 Å². The lowest BCUT2D eigenvalue weighted by molar-refractivity contribution is 1.50. The summed E-state index contributed by atoms with van der Waals surface area (Å²) in [5.41, 5.74) is 0.511. The Balaban J connectivity index is 4.30. The zero-order chi connectivity index (χ0) is 7.28. The van der Waals surface area contributed by atoms with Crippen molar-refractivity contribution in [3.8, 4) is 6.07 Å². The summed E-state index contributed by atoms with van der Waals surface area (Å²) < 4.78 is 0.680. The van der Waals surface area contributed by atoms with Gasteiger partial charge in [0.1, 0.15) is 0 Å². The fourth-order valence-corrected chi connectivity index (χ4v) is 0.552. The predicted octanol–water partition coefficient (Wildman–Crippen LogP) is 2.53. The van der Waals surface area contributed by atoms with E-state index in [1.165, 1.54) is 6.08 Å². The van der Waals surface area contributed by atoms with Crippen molar-refractivity contribution in [2.75, 3.05) is 0 Å². The van der Waals surface area contributed by atoms with Crippen LogP contribution in [0.15, 0.2) is 35.4 Å². The van der Waals surface area contributed by atoms with Gasteiger partial charge >= 0.3 is 0 Å². The molecule has 1 nitrogen and oxygen atoms in total. The van der Waals surface area contributed by atoms with E-state index in [4.69, 9.17) is 5.26 Å². The average molecular weight is 184 g/mol. The summed E-state index contributed by atoms with van der Waals surface area (Å²) in [7, 11) is 0. The van der Waals surface area contributed by atoms with E-state index in [0.717, 1.165) is 0 Å². The molecule has 0 saturated carbocycles. The molecule has 0 atom stereocenters. The van der Waals surface area contributed by atoms with Gasteiger partial charge in [-0.1, -0.05) is 35.2 Å². The van der Waals surface area contributed by atoms with Crippen molar-refractivity contribution in [2.24, 2.45) is 0 Å². The first-order chi connectivity index (χ1) is 4.20. The van der Waals surface area contributed by atoms with E-state index in [9.17, 15) is 0 Å². The molecule has 0 aromatic heterocycles. The molecule has 0 aliphatic heterocycles. The number of nitrogens with zero attached hydrogens (tertiary/aromatic N) is 1. The lowest BCUT2D eigenvalue weighted by atomic mass is 10.3. The van der Waals surface area contributed by atoms with Crippen molar-refractivity contribution in [1.29, 1.82) is 5.26 Å². The molecular weight excluding hydrogens is 178 g/mol. The van der Waals surface area contributed by atoms with Gasteiger partial charge in [-0.3, -0.25) is 0 Å². The summed E-state index contributed by atoms with van der Waals surface area (Å²) in [6.07, 6.45) is 3.08. The minimum Gasteiger partial charge on any atom is -0.192 e. The molecule has 0 unspecified atom stereocenters.